The minimum Gasteiger partial charge on any atom is -0.480 e. The lowest BCUT2D eigenvalue weighted by Crippen LogP contribution is -2.51. The number of carboxylic acid groups (broad SMARTS) is 1. The van der Waals surface area contributed by atoms with Crippen molar-refractivity contribution in [3.05, 3.63) is 28.8 Å². The van der Waals surface area contributed by atoms with E-state index in [9.17, 15) is 19.2 Å². The van der Waals surface area contributed by atoms with E-state index in [1.165, 1.54) is 18.2 Å². The van der Waals surface area contributed by atoms with Crippen molar-refractivity contribution in [3.63, 3.8) is 0 Å². The number of carboxylic acids is 1. The summed E-state index contributed by atoms with van der Waals surface area (Å²) in [5, 5.41) is 14.2. The third-order valence-corrected chi connectivity index (χ3v) is 3.82. The van der Waals surface area contributed by atoms with E-state index in [2.05, 4.69) is 10.6 Å². The van der Waals surface area contributed by atoms with Crippen molar-refractivity contribution >= 4 is 41.0 Å². The number of carbonyl (C=O) groups is 4. The SMILES string of the molecule is CC[C@@H](NC(=O)c1cc(Cl)ccc1N)C(=O)N[C@@H](CCC(N)=O)C(=O)O. The molecule has 1 aromatic carbocycles. The van der Waals surface area contributed by atoms with Crippen molar-refractivity contribution in [1.82, 2.24) is 10.6 Å². The highest BCUT2D eigenvalue weighted by atomic mass is 35.5. The van der Waals surface area contributed by atoms with E-state index in [1.807, 2.05) is 0 Å². The van der Waals surface area contributed by atoms with Gasteiger partial charge in [0, 0.05) is 17.1 Å². The topological polar surface area (TPSA) is 165 Å². The maximum atomic E-state index is 12.3. The molecule has 0 saturated carbocycles. The van der Waals surface area contributed by atoms with Gasteiger partial charge in [-0.2, -0.15) is 0 Å². The van der Waals surface area contributed by atoms with E-state index in [4.69, 9.17) is 28.2 Å². The third-order valence-electron chi connectivity index (χ3n) is 3.58. The van der Waals surface area contributed by atoms with E-state index < -0.39 is 35.8 Å². The van der Waals surface area contributed by atoms with Gasteiger partial charge in [-0.25, -0.2) is 4.79 Å². The Labute approximate surface area is 155 Å². The summed E-state index contributed by atoms with van der Waals surface area (Å²) < 4.78 is 0. The van der Waals surface area contributed by atoms with Gasteiger partial charge in [-0.3, -0.25) is 14.4 Å². The van der Waals surface area contributed by atoms with Gasteiger partial charge in [0.05, 0.1) is 5.56 Å². The first-order valence-corrected chi connectivity index (χ1v) is 8.20. The third kappa shape index (κ3) is 6.25. The largest absolute Gasteiger partial charge is 0.480 e. The number of aliphatic carboxylic acids is 1. The summed E-state index contributed by atoms with van der Waals surface area (Å²) >= 11 is 5.84. The number of hydrogen-bond acceptors (Lipinski definition) is 5. The summed E-state index contributed by atoms with van der Waals surface area (Å²) in [7, 11) is 0. The number of halogens is 1. The molecule has 0 unspecified atom stereocenters. The second-order valence-corrected chi connectivity index (χ2v) is 6.01. The van der Waals surface area contributed by atoms with Crippen LogP contribution in [-0.2, 0) is 14.4 Å². The first kappa shape index (κ1) is 21.2. The molecule has 26 heavy (non-hydrogen) atoms. The zero-order valence-electron chi connectivity index (χ0n) is 14.1. The lowest BCUT2D eigenvalue weighted by Gasteiger charge is -2.20. The second-order valence-electron chi connectivity index (χ2n) is 5.57. The van der Waals surface area contributed by atoms with Crippen molar-refractivity contribution in [2.75, 3.05) is 5.73 Å². The van der Waals surface area contributed by atoms with Gasteiger partial charge in [0.2, 0.25) is 11.8 Å². The van der Waals surface area contributed by atoms with Gasteiger partial charge < -0.3 is 27.2 Å². The predicted octanol–water partition coefficient (Wildman–Crippen LogP) is 0.266. The quantitative estimate of drug-likeness (QED) is 0.383. The Morgan fingerprint density at radius 3 is 2.38 bits per heavy atom. The molecule has 1 rings (SSSR count). The monoisotopic (exact) mass is 384 g/mol. The van der Waals surface area contributed by atoms with Crippen molar-refractivity contribution in [3.8, 4) is 0 Å². The first-order chi connectivity index (χ1) is 12.1. The van der Waals surface area contributed by atoms with Crippen LogP contribution >= 0.6 is 11.6 Å². The number of carbonyl (C=O) groups excluding carboxylic acids is 3. The summed E-state index contributed by atoms with van der Waals surface area (Å²) in [5.41, 5.74) is 11.0. The van der Waals surface area contributed by atoms with E-state index >= 15 is 0 Å². The summed E-state index contributed by atoms with van der Waals surface area (Å²) in [6.07, 6.45) is -0.137. The summed E-state index contributed by atoms with van der Waals surface area (Å²) in [4.78, 5) is 46.6. The van der Waals surface area contributed by atoms with Crippen LogP contribution in [-0.4, -0.2) is 40.9 Å². The van der Waals surface area contributed by atoms with Crippen LogP contribution in [0.4, 0.5) is 5.69 Å². The molecule has 0 bridgehead atoms. The summed E-state index contributed by atoms with van der Waals surface area (Å²) in [6, 6.07) is 2.06. The van der Waals surface area contributed by atoms with Crippen LogP contribution in [0.15, 0.2) is 18.2 Å². The van der Waals surface area contributed by atoms with Crippen LogP contribution in [0.5, 0.6) is 0 Å². The Bertz CT molecular complexity index is 710. The highest BCUT2D eigenvalue weighted by Gasteiger charge is 2.26. The standard InChI is InChI=1S/C16H21ClN4O5/c1-2-11(15(24)21-12(16(25)26)5-6-13(19)22)20-14(23)9-7-8(17)3-4-10(9)18/h3-4,7,11-12H,2,5-6,18H2,1H3,(H2,19,22)(H,20,23)(H,21,24)(H,25,26)/t11-,12+/m1/s1. The normalized spacial score (nSPS) is 12.7. The van der Waals surface area contributed by atoms with Crippen molar-refractivity contribution in [2.24, 2.45) is 5.73 Å². The van der Waals surface area contributed by atoms with Gasteiger partial charge in [-0.1, -0.05) is 18.5 Å². The van der Waals surface area contributed by atoms with E-state index in [0.29, 0.717) is 5.02 Å². The van der Waals surface area contributed by atoms with Gasteiger partial charge in [0.25, 0.3) is 5.91 Å². The Hall–Kier alpha value is -2.81. The molecule has 9 nitrogen and oxygen atoms in total. The van der Waals surface area contributed by atoms with E-state index in [1.54, 1.807) is 6.92 Å². The number of anilines is 1. The molecule has 0 spiro atoms. The van der Waals surface area contributed by atoms with Gasteiger partial charge >= 0.3 is 5.97 Å². The van der Waals surface area contributed by atoms with Crippen molar-refractivity contribution in [2.45, 2.75) is 38.3 Å². The summed E-state index contributed by atoms with van der Waals surface area (Å²) in [5.74, 6) is -3.29. The molecule has 7 N–H and O–H groups in total. The number of nitrogens with one attached hydrogen (secondary N) is 2. The number of nitrogens with two attached hydrogens (primary N) is 2. The van der Waals surface area contributed by atoms with Gasteiger partial charge in [-0.15, -0.1) is 0 Å². The lowest BCUT2D eigenvalue weighted by atomic mass is 10.1. The van der Waals surface area contributed by atoms with Gasteiger partial charge in [-0.05, 0) is 31.0 Å². The molecular weight excluding hydrogens is 364 g/mol. The minimum absolute atomic E-state index is 0.104. The van der Waals surface area contributed by atoms with Crippen LogP contribution in [0.25, 0.3) is 0 Å². The molecule has 3 amide bonds. The Morgan fingerprint density at radius 2 is 1.85 bits per heavy atom. The van der Waals surface area contributed by atoms with Crippen LogP contribution < -0.4 is 22.1 Å². The van der Waals surface area contributed by atoms with E-state index in [0.717, 1.165) is 0 Å². The molecule has 10 heteroatoms. The number of nitrogen functional groups attached to an aromatic ring is 1. The molecule has 0 aromatic heterocycles. The Kier molecular flexibility index (Phi) is 7.85. The Balaban J connectivity index is 2.81. The second kappa shape index (κ2) is 9.62. The fourth-order valence-electron chi connectivity index (χ4n) is 2.13. The molecule has 0 aliphatic heterocycles. The molecule has 142 valence electrons. The molecule has 0 radical (unpaired) electrons. The number of benzene rings is 1. The average Bonchev–Trinajstić information content (AvgIpc) is 2.57. The van der Waals surface area contributed by atoms with Crippen LogP contribution in [0.1, 0.15) is 36.5 Å². The molecule has 2 atom stereocenters. The maximum absolute atomic E-state index is 12.3. The smallest absolute Gasteiger partial charge is 0.326 e. The molecule has 0 aliphatic rings. The zero-order chi connectivity index (χ0) is 19.9. The molecule has 0 heterocycles. The number of amides is 3. The van der Waals surface area contributed by atoms with Crippen molar-refractivity contribution < 1.29 is 24.3 Å². The summed E-state index contributed by atoms with van der Waals surface area (Å²) in [6.45, 7) is 1.64. The van der Waals surface area contributed by atoms with Crippen LogP contribution in [0.2, 0.25) is 5.02 Å². The maximum Gasteiger partial charge on any atom is 0.326 e. The van der Waals surface area contributed by atoms with Crippen molar-refractivity contribution in [1.29, 1.82) is 0 Å². The Morgan fingerprint density at radius 1 is 1.19 bits per heavy atom. The minimum atomic E-state index is -1.31. The van der Waals surface area contributed by atoms with Gasteiger partial charge in [0.15, 0.2) is 0 Å². The van der Waals surface area contributed by atoms with E-state index in [-0.39, 0.29) is 30.5 Å². The molecule has 0 saturated heterocycles. The lowest BCUT2D eigenvalue weighted by molar-refractivity contribution is -0.142. The number of rotatable bonds is 9. The number of primary amides is 1. The molecule has 1 aromatic rings. The highest BCUT2D eigenvalue weighted by molar-refractivity contribution is 6.31. The number of hydrogen-bond donors (Lipinski definition) is 5. The molecule has 0 aliphatic carbocycles. The fourth-order valence-corrected chi connectivity index (χ4v) is 2.30. The first-order valence-electron chi connectivity index (χ1n) is 7.83. The highest BCUT2D eigenvalue weighted by Crippen LogP contribution is 2.18. The predicted molar refractivity (Wildman–Crippen MR) is 95.4 cm³/mol. The molecular formula is C16H21ClN4O5. The molecule has 0 fully saturated rings. The zero-order valence-corrected chi connectivity index (χ0v) is 14.9. The fraction of sp³-hybridized carbons (Fsp3) is 0.375. The van der Waals surface area contributed by atoms with Crippen LogP contribution in [0, 0.1) is 0 Å². The van der Waals surface area contributed by atoms with Crippen LogP contribution in [0.3, 0.4) is 0 Å². The average molecular weight is 385 g/mol. The van der Waals surface area contributed by atoms with Gasteiger partial charge in [0.1, 0.15) is 12.1 Å².